The molecule has 1 aromatic heterocycles. The van der Waals surface area contributed by atoms with Gasteiger partial charge in [-0.25, -0.2) is 4.98 Å². The van der Waals surface area contributed by atoms with Crippen molar-refractivity contribution in [2.75, 3.05) is 13.7 Å². The number of halogens is 1. The number of hydrogen-bond acceptors (Lipinski definition) is 3. The van der Waals surface area contributed by atoms with E-state index in [1.165, 1.54) is 0 Å². The van der Waals surface area contributed by atoms with Gasteiger partial charge in [0, 0.05) is 16.2 Å². The highest BCUT2D eigenvalue weighted by Crippen LogP contribution is 2.20. The lowest BCUT2D eigenvalue weighted by molar-refractivity contribution is 0.343. The van der Waals surface area contributed by atoms with Gasteiger partial charge in [0.05, 0.1) is 13.7 Å². The fourth-order valence-electron chi connectivity index (χ4n) is 0.912. The van der Waals surface area contributed by atoms with Crippen molar-refractivity contribution >= 4 is 22.0 Å². The van der Waals surface area contributed by atoms with E-state index in [4.69, 9.17) is 9.84 Å². The lowest BCUT2D eigenvalue weighted by Crippen LogP contribution is -1.90. The lowest BCUT2D eigenvalue weighted by atomic mass is 10.2. The summed E-state index contributed by atoms with van der Waals surface area (Å²) in [4.78, 5) is 4.05. The van der Waals surface area contributed by atoms with E-state index in [1.807, 2.05) is 6.07 Å². The van der Waals surface area contributed by atoms with Gasteiger partial charge in [-0.1, -0.05) is 12.2 Å². The number of methoxy groups -OCH3 is 1. The Morgan fingerprint density at radius 2 is 2.46 bits per heavy atom. The largest absolute Gasteiger partial charge is 0.481 e. The Morgan fingerprint density at radius 3 is 3.08 bits per heavy atom. The molecule has 1 N–H and O–H groups in total. The van der Waals surface area contributed by atoms with Gasteiger partial charge in [0.1, 0.15) is 0 Å². The van der Waals surface area contributed by atoms with Crippen LogP contribution in [0, 0.1) is 0 Å². The Morgan fingerprint density at radius 1 is 1.69 bits per heavy atom. The van der Waals surface area contributed by atoms with Gasteiger partial charge in [-0.15, -0.1) is 0 Å². The zero-order valence-electron chi connectivity index (χ0n) is 7.20. The van der Waals surface area contributed by atoms with Crippen LogP contribution >= 0.6 is 15.9 Å². The summed E-state index contributed by atoms with van der Waals surface area (Å²) in [7, 11) is 1.56. The standard InChI is InChI=1S/C9H10BrNO2/c1-13-9-7(3-2-4-12)5-8(10)6-11-9/h2-3,5-6,12H,4H2,1H3/b3-2+. The van der Waals surface area contributed by atoms with Crippen LogP contribution < -0.4 is 4.74 Å². The van der Waals surface area contributed by atoms with Crippen LogP contribution in [0.5, 0.6) is 5.88 Å². The van der Waals surface area contributed by atoms with Gasteiger partial charge < -0.3 is 9.84 Å². The first-order chi connectivity index (χ1) is 6.27. The van der Waals surface area contributed by atoms with Crippen LogP contribution in [0.1, 0.15) is 5.56 Å². The molecule has 0 fully saturated rings. The number of hydrogen-bond donors (Lipinski definition) is 1. The summed E-state index contributed by atoms with van der Waals surface area (Å²) < 4.78 is 5.91. The molecule has 0 bridgehead atoms. The van der Waals surface area contributed by atoms with Crippen LogP contribution in [0.15, 0.2) is 22.8 Å². The fraction of sp³-hybridized carbons (Fsp3) is 0.222. The molecular formula is C9H10BrNO2. The second-order valence-electron chi connectivity index (χ2n) is 2.34. The van der Waals surface area contributed by atoms with E-state index in [0.29, 0.717) is 5.88 Å². The van der Waals surface area contributed by atoms with Gasteiger partial charge in [-0.05, 0) is 22.0 Å². The summed E-state index contributed by atoms with van der Waals surface area (Å²) in [6.45, 7) is 0.00959. The first-order valence-corrected chi connectivity index (χ1v) is 4.54. The molecule has 0 aliphatic carbocycles. The first-order valence-electron chi connectivity index (χ1n) is 3.75. The van der Waals surface area contributed by atoms with Crippen molar-refractivity contribution in [3.63, 3.8) is 0 Å². The van der Waals surface area contributed by atoms with Crippen molar-refractivity contribution in [3.05, 3.63) is 28.4 Å². The SMILES string of the molecule is COc1ncc(Br)cc1/C=C/CO. The quantitative estimate of drug-likeness (QED) is 0.882. The van der Waals surface area contributed by atoms with E-state index in [2.05, 4.69) is 20.9 Å². The Hall–Kier alpha value is -0.870. The Bertz CT molecular complexity index is 312. The topological polar surface area (TPSA) is 42.4 Å². The van der Waals surface area contributed by atoms with Gasteiger partial charge in [0.15, 0.2) is 0 Å². The number of aliphatic hydroxyl groups is 1. The van der Waals surface area contributed by atoms with E-state index < -0.39 is 0 Å². The summed E-state index contributed by atoms with van der Waals surface area (Å²) in [5.41, 5.74) is 0.839. The molecular weight excluding hydrogens is 234 g/mol. The summed E-state index contributed by atoms with van der Waals surface area (Å²) >= 11 is 3.30. The molecule has 0 unspecified atom stereocenters. The average molecular weight is 244 g/mol. The molecule has 0 aromatic carbocycles. The van der Waals surface area contributed by atoms with Gasteiger partial charge in [0.2, 0.25) is 5.88 Å². The maximum Gasteiger partial charge on any atom is 0.220 e. The molecule has 1 aromatic rings. The minimum atomic E-state index is 0.00959. The second kappa shape index (κ2) is 4.99. The van der Waals surface area contributed by atoms with Crippen molar-refractivity contribution in [3.8, 4) is 5.88 Å². The van der Waals surface area contributed by atoms with Gasteiger partial charge in [-0.3, -0.25) is 0 Å². The van der Waals surface area contributed by atoms with E-state index in [0.717, 1.165) is 10.0 Å². The predicted molar refractivity (Wildman–Crippen MR) is 54.6 cm³/mol. The lowest BCUT2D eigenvalue weighted by Gasteiger charge is -2.02. The molecule has 0 aliphatic rings. The Kier molecular flexibility index (Phi) is 3.92. The molecule has 1 rings (SSSR count). The molecule has 0 aliphatic heterocycles. The number of rotatable bonds is 3. The van der Waals surface area contributed by atoms with Crippen LogP contribution in [0.4, 0.5) is 0 Å². The highest BCUT2D eigenvalue weighted by atomic mass is 79.9. The third-order valence-electron chi connectivity index (χ3n) is 1.44. The molecule has 70 valence electrons. The smallest absolute Gasteiger partial charge is 0.220 e. The maximum absolute atomic E-state index is 8.60. The van der Waals surface area contributed by atoms with Crippen molar-refractivity contribution in [1.29, 1.82) is 0 Å². The molecule has 4 heteroatoms. The Labute approximate surface area is 85.2 Å². The van der Waals surface area contributed by atoms with Crippen molar-refractivity contribution in [2.45, 2.75) is 0 Å². The van der Waals surface area contributed by atoms with Crippen molar-refractivity contribution < 1.29 is 9.84 Å². The van der Waals surface area contributed by atoms with E-state index >= 15 is 0 Å². The number of aliphatic hydroxyl groups excluding tert-OH is 1. The van der Waals surface area contributed by atoms with Crippen LogP contribution in [-0.4, -0.2) is 23.8 Å². The highest BCUT2D eigenvalue weighted by molar-refractivity contribution is 9.10. The Balaban J connectivity index is 3.01. The van der Waals surface area contributed by atoms with E-state index in [9.17, 15) is 0 Å². The molecule has 0 saturated carbocycles. The van der Waals surface area contributed by atoms with Gasteiger partial charge in [-0.2, -0.15) is 0 Å². The molecule has 1 heterocycles. The van der Waals surface area contributed by atoms with Crippen molar-refractivity contribution in [1.82, 2.24) is 4.98 Å². The summed E-state index contributed by atoms with van der Waals surface area (Å²) in [5.74, 6) is 0.549. The first kappa shape index (κ1) is 10.2. The second-order valence-corrected chi connectivity index (χ2v) is 3.25. The third-order valence-corrected chi connectivity index (χ3v) is 1.88. The zero-order chi connectivity index (χ0) is 9.68. The summed E-state index contributed by atoms with van der Waals surface area (Å²) in [5, 5.41) is 8.60. The fourth-order valence-corrected chi connectivity index (χ4v) is 1.26. The van der Waals surface area contributed by atoms with E-state index in [1.54, 1.807) is 25.5 Å². The average Bonchev–Trinajstić information content (AvgIpc) is 2.15. The maximum atomic E-state index is 8.60. The molecule has 0 atom stereocenters. The van der Waals surface area contributed by atoms with Gasteiger partial charge in [0.25, 0.3) is 0 Å². The molecule has 3 nitrogen and oxygen atoms in total. The predicted octanol–water partition coefficient (Wildman–Crippen LogP) is 1.86. The highest BCUT2D eigenvalue weighted by Gasteiger charge is 2.00. The normalized spacial score (nSPS) is 10.7. The molecule has 0 spiro atoms. The van der Waals surface area contributed by atoms with Crippen LogP contribution in [-0.2, 0) is 0 Å². The molecule has 13 heavy (non-hydrogen) atoms. The van der Waals surface area contributed by atoms with Crippen LogP contribution in [0.3, 0.4) is 0 Å². The number of ether oxygens (including phenoxy) is 1. The van der Waals surface area contributed by atoms with Crippen LogP contribution in [0.25, 0.3) is 6.08 Å². The monoisotopic (exact) mass is 243 g/mol. The van der Waals surface area contributed by atoms with Crippen molar-refractivity contribution in [2.24, 2.45) is 0 Å². The minimum Gasteiger partial charge on any atom is -0.481 e. The molecule has 0 saturated heterocycles. The number of nitrogens with zero attached hydrogens (tertiary/aromatic N) is 1. The third kappa shape index (κ3) is 2.82. The number of pyridine rings is 1. The summed E-state index contributed by atoms with van der Waals surface area (Å²) in [6, 6.07) is 1.87. The molecule has 0 radical (unpaired) electrons. The zero-order valence-corrected chi connectivity index (χ0v) is 8.78. The summed E-state index contributed by atoms with van der Waals surface area (Å²) in [6.07, 6.45) is 5.05. The van der Waals surface area contributed by atoms with Gasteiger partial charge >= 0.3 is 0 Å². The minimum absolute atomic E-state index is 0.00959. The molecule has 0 amide bonds. The van der Waals surface area contributed by atoms with Crippen LogP contribution in [0.2, 0.25) is 0 Å². The van der Waals surface area contributed by atoms with E-state index in [-0.39, 0.29) is 6.61 Å². The number of aromatic nitrogens is 1.